The van der Waals surface area contributed by atoms with Gasteiger partial charge in [-0.15, -0.1) is 0 Å². The third kappa shape index (κ3) is 4.98. The molecule has 0 aliphatic carbocycles. The molecule has 5 heteroatoms. The molecule has 1 unspecified atom stereocenters. The average molecular weight is 384 g/mol. The molecule has 0 bridgehead atoms. The molecule has 0 radical (unpaired) electrons. The fourth-order valence-electron chi connectivity index (χ4n) is 3.36. The largest absolute Gasteiger partial charge is 0.417 e. The highest BCUT2D eigenvalue weighted by Crippen LogP contribution is 2.36. The molecule has 1 heterocycles. The Bertz CT molecular complexity index is 890. The Morgan fingerprint density at radius 3 is 2.25 bits per heavy atom. The molecule has 146 valence electrons. The Morgan fingerprint density at radius 2 is 1.61 bits per heavy atom. The molecule has 0 aliphatic rings. The maximum atomic E-state index is 13.2. The van der Waals surface area contributed by atoms with Gasteiger partial charge in [-0.25, -0.2) is 0 Å². The molecule has 3 rings (SSSR count). The third-order valence-electron chi connectivity index (χ3n) is 4.74. The second-order valence-electron chi connectivity index (χ2n) is 7.10. The van der Waals surface area contributed by atoms with Crippen molar-refractivity contribution >= 4 is 0 Å². The number of benzene rings is 2. The van der Waals surface area contributed by atoms with Gasteiger partial charge >= 0.3 is 6.18 Å². The average Bonchev–Trinajstić information content (AvgIpc) is 2.68. The Morgan fingerprint density at radius 1 is 0.929 bits per heavy atom. The van der Waals surface area contributed by atoms with Gasteiger partial charge in [0.1, 0.15) is 0 Å². The van der Waals surface area contributed by atoms with E-state index in [4.69, 9.17) is 0 Å². The molecule has 0 aliphatic heterocycles. The van der Waals surface area contributed by atoms with Crippen LogP contribution in [0.5, 0.6) is 0 Å². The molecule has 2 nitrogen and oxygen atoms in total. The van der Waals surface area contributed by atoms with E-state index >= 15 is 0 Å². The van der Waals surface area contributed by atoms with Crippen molar-refractivity contribution in [1.29, 1.82) is 0 Å². The lowest BCUT2D eigenvalue weighted by Gasteiger charge is -2.21. The normalized spacial score (nSPS) is 12.9. The van der Waals surface area contributed by atoms with Crippen molar-refractivity contribution in [2.75, 3.05) is 13.6 Å². The van der Waals surface area contributed by atoms with Crippen molar-refractivity contribution in [2.45, 2.75) is 25.6 Å². The van der Waals surface area contributed by atoms with E-state index in [0.717, 1.165) is 18.2 Å². The highest BCUT2D eigenvalue weighted by molar-refractivity contribution is 5.64. The van der Waals surface area contributed by atoms with Crippen LogP contribution in [-0.2, 0) is 12.7 Å². The van der Waals surface area contributed by atoms with Gasteiger partial charge in [0.2, 0.25) is 0 Å². The molecule has 28 heavy (non-hydrogen) atoms. The van der Waals surface area contributed by atoms with Crippen LogP contribution in [0.15, 0.2) is 72.9 Å². The lowest BCUT2D eigenvalue weighted by Crippen LogP contribution is -2.23. The zero-order valence-electron chi connectivity index (χ0n) is 15.9. The number of halogens is 3. The van der Waals surface area contributed by atoms with Crippen LogP contribution < -0.4 is 0 Å². The lowest BCUT2D eigenvalue weighted by molar-refractivity contribution is -0.137. The monoisotopic (exact) mass is 384 g/mol. The van der Waals surface area contributed by atoms with Crippen LogP contribution in [0.4, 0.5) is 13.2 Å². The maximum Gasteiger partial charge on any atom is 0.417 e. The first-order chi connectivity index (χ1) is 13.3. The van der Waals surface area contributed by atoms with Crippen LogP contribution in [0.1, 0.15) is 29.5 Å². The van der Waals surface area contributed by atoms with Crippen LogP contribution in [0.3, 0.4) is 0 Å². The molecular formula is C23H23F3N2. The fraction of sp³-hybridized carbons (Fsp3) is 0.261. The summed E-state index contributed by atoms with van der Waals surface area (Å²) < 4.78 is 39.6. The van der Waals surface area contributed by atoms with E-state index in [-0.39, 0.29) is 5.56 Å². The summed E-state index contributed by atoms with van der Waals surface area (Å²) in [5.41, 5.74) is 2.02. The minimum absolute atomic E-state index is 0.104. The van der Waals surface area contributed by atoms with E-state index in [1.165, 1.54) is 17.7 Å². The lowest BCUT2D eigenvalue weighted by atomic mass is 10.0. The van der Waals surface area contributed by atoms with Gasteiger partial charge < -0.3 is 4.90 Å². The van der Waals surface area contributed by atoms with Crippen molar-refractivity contribution in [3.63, 3.8) is 0 Å². The Balaban J connectivity index is 1.68. The Kier molecular flexibility index (Phi) is 6.15. The van der Waals surface area contributed by atoms with Crippen LogP contribution in [0.25, 0.3) is 11.3 Å². The van der Waals surface area contributed by atoms with Gasteiger partial charge in [-0.1, -0.05) is 61.5 Å². The van der Waals surface area contributed by atoms with Gasteiger partial charge in [0.05, 0.1) is 11.3 Å². The SMILES string of the molecule is CC(CN(C)Cc1ccc(-c2ccccc2C(F)(F)F)nc1)c1ccccc1. The summed E-state index contributed by atoms with van der Waals surface area (Å²) >= 11 is 0. The molecule has 0 N–H and O–H groups in total. The van der Waals surface area contributed by atoms with E-state index in [1.807, 2.05) is 31.3 Å². The summed E-state index contributed by atoms with van der Waals surface area (Å²) in [6.07, 6.45) is -2.74. The molecule has 1 aromatic heterocycles. The first-order valence-electron chi connectivity index (χ1n) is 9.19. The number of nitrogens with zero attached hydrogens (tertiary/aromatic N) is 2. The molecular weight excluding hydrogens is 361 g/mol. The number of aromatic nitrogens is 1. The zero-order valence-corrected chi connectivity index (χ0v) is 15.9. The highest BCUT2D eigenvalue weighted by atomic mass is 19.4. The fourth-order valence-corrected chi connectivity index (χ4v) is 3.36. The molecule has 2 aromatic carbocycles. The molecule has 0 amide bonds. The number of rotatable bonds is 6. The van der Waals surface area contributed by atoms with Gasteiger partial charge in [0.15, 0.2) is 0 Å². The van der Waals surface area contributed by atoms with E-state index in [0.29, 0.717) is 18.2 Å². The maximum absolute atomic E-state index is 13.2. The molecule has 0 saturated carbocycles. The summed E-state index contributed by atoms with van der Waals surface area (Å²) in [7, 11) is 2.03. The molecule has 0 spiro atoms. The number of pyridine rings is 1. The van der Waals surface area contributed by atoms with Crippen molar-refractivity contribution in [3.8, 4) is 11.3 Å². The van der Waals surface area contributed by atoms with Crippen molar-refractivity contribution in [3.05, 3.63) is 89.6 Å². The van der Waals surface area contributed by atoms with Crippen molar-refractivity contribution in [1.82, 2.24) is 9.88 Å². The molecule has 0 saturated heterocycles. The number of alkyl halides is 3. The minimum Gasteiger partial charge on any atom is -0.301 e. The first-order valence-corrected chi connectivity index (χ1v) is 9.19. The predicted octanol–water partition coefficient (Wildman–Crippen LogP) is 6.00. The number of hydrogen-bond acceptors (Lipinski definition) is 2. The highest BCUT2D eigenvalue weighted by Gasteiger charge is 2.33. The Hall–Kier alpha value is -2.66. The smallest absolute Gasteiger partial charge is 0.301 e. The predicted molar refractivity (Wildman–Crippen MR) is 106 cm³/mol. The minimum atomic E-state index is -4.40. The van der Waals surface area contributed by atoms with Crippen LogP contribution in [0.2, 0.25) is 0 Å². The van der Waals surface area contributed by atoms with E-state index in [2.05, 4.69) is 28.9 Å². The van der Waals surface area contributed by atoms with Crippen LogP contribution in [0, 0.1) is 0 Å². The Labute approximate surface area is 163 Å². The summed E-state index contributed by atoms with van der Waals surface area (Å²) in [5.74, 6) is 0.386. The summed E-state index contributed by atoms with van der Waals surface area (Å²) in [6.45, 7) is 3.75. The van der Waals surface area contributed by atoms with E-state index < -0.39 is 11.7 Å². The second-order valence-corrected chi connectivity index (χ2v) is 7.10. The van der Waals surface area contributed by atoms with Gasteiger partial charge in [-0.2, -0.15) is 13.2 Å². The van der Waals surface area contributed by atoms with Crippen LogP contribution >= 0.6 is 0 Å². The third-order valence-corrected chi connectivity index (χ3v) is 4.74. The van der Waals surface area contributed by atoms with Crippen LogP contribution in [-0.4, -0.2) is 23.5 Å². The summed E-state index contributed by atoms with van der Waals surface area (Å²) in [5, 5.41) is 0. The van der Waals surface area contributed by atoms with Gasteiger partial charge in [-0.3, -0.25) is 4.98 Å². The summed E-state index contributed by atoms with van der Waals surface area (Å²) in [4.78, 5) is 6.48. The zero-order chi connectivity index (χ0) is 20.1. The van der Waals surface area contributed by atoms with Gasteiger partial charge in [-0.05, 0) is 36.2 Å². The van der Waals surface area contributed by atoms with Crippen molar-refractivity contribution in [2.24, 2.45) is 0 Å². The van der Waals surface area contributed by atoms with Gasteiger partial charge in [0, 0.05) is 24.8 Å². The standard InChI is InChI=1S/C23H23F3N2/c1-17(19-8-4-3-5-9-19)15-28(2)16-18-12-13-22(27-14-18)20-10-6-7-11-21(20)23(24,25)26/h3-14,17H,15-16H2,1-2H3. The second kappa shape index (κ2) is 8.57. The first kappa shape index (κ1) is 20.1. The number of hydrogen-bond donors (Lipinski definition) is 0. The van der Waals surface area contributed by atoms with E-state index in [1.54, 1.807) is 18.3 Å². The molecule has 3 aromatic rings. The summed E-state index contributed by atoms with van der Waals surface area (Å²) in [6, 6.07) is 19.3. The van der Waals surface area contributed by atoms with E-state index in [9.17, 15) is 13.2 Å². The topological polar surface area (TPSA) is 16.1 Å². The van der Waals surface area contributed by atoms with Crippen molar-refractivity contribution < 1.29 is 13.2 Å². The number of likely N-dealkylation sites (N-methyl/N-ethyl adjacent to an activating group) is 1. The van der Waals surface area contributed by atoms with Gasteiger partial charge in [0.25, 0.3) is 0 Å². The molecule has 1 atom stereocenters. The molecule has 0 fully saturated rings. The quantitative estimate of drug-likeness (QED) is 0.518.